The van der Waals surface area contributed by atoms with Gasteiger partial charge in [-0.1, -0.05) is 20.3 Å². The predicted molar refractivity (Wildman–Crippen MR) is 48.9 cm³/mol. The Labute approximate surface area is 74.5 Å². The van der Waals surface area contributed by atoms with Gasteiger partial charge in [-0.3, -0.25) is 4.79 Å². The third-order valence-corrected chi connectivity index (χ3v) is 4.32. The second-order valence-electron chi connectivity index (χ2n) is 4.70. The van der Waals surface area contributed by atoms with Gasteiger partial charge in [0.2, 0.25) is 0 Å². The van der Waals surface area contributed by atoms with E-state index in [0.717, 1.165) is 6.42 Å². The number of ketones is 1. The zero-order valence-electron chi connectivity index (χ0n) is 8.10. The first kappa shape index (κ1) is 8.28. The summed E-state index contributed by atoms with van der Waals surface area (Å²) in [6.45, 7) is 4.54. The monoisotopic (exact) mass is 166 g/mol. The van der Waals surface area contributed by atoms with Gasteiger partial charge in [0.15, 0.2) is 0 Å². The molecule has 0 aromatic heterocycles. The highest BCUT2D eigenvalue weighted by Gasteiger charge is 2.54. The van der Waals surface area contributed by atoms with Gasteiger partial charge < -0.3 is 0 Å². The van der Waals surface area contributed by atoms with E-state index >= 15 is 0 Å². The van der Waals surface area contributed by atoms with Crippen LogP contribution in [0.1, 0.15) is 46.0 Å². The Hall–Kier alpha value is -0.330. The number of Topliss-reactive ketones (excluding diaryl/α,β-unsaturated/α-hetero) is 1. The van der Waals surface area contributed by atoms with Gasteiger partial charge >= 0.3 is 0 Å². The summed E-state index contributed by atoms with van der Waals surface area (Å²) < 4.78 is 0. The summed E-state index contributed by atoms with van der Waals surface area (Å²) in [4.78, 5) is 11.6. The molecule has 0 heterocycles. The summed E-state index contributed by atoms with van der Waals surface area (Å²) in [7, 11) is 0. The van der Waals surface area contributed by atoms with Crippen LogP contribution in [0.2, 0.25) is 0 Å². The molecule has 0 N–H and O–H groups in total. The van der Waals surface area contributed by atoms with Gasteiger partial charge in [0.1, 0.15) is 5.78 Å². The van der Waals surface area contributed by atoms with Crippen LogP contribution in [0, 0.1) is 17.3 Å². The second-order valence-corrected chi connectivity index (χ2v) is 4.70. The van der Waals surface area contributed by atoms with Crippen molar-refractivity contribution < 1.29 is 4.79 Å². The third kappa shape index (κ3) is 0.826. The first-order chi connectivity index (χ1) is 5.68. The number of rotatable bonds is 0. The van der Waals surface area contributed by atoms with Crippen LogP contribution in [0.25, 0.3) is 0 Å². The molecule has 0 radical (unpaired) electrons. The molecular formula is C11H18O. The number of carbonyl (C=O) groups is 1. The Morgan fingerprint density at radius 3 is 2.08 bits per heavy atom. The lowest BCUT2D eigenvalue weighted by Gasteiger charge is -2.52. The molecule has 0 saturated heterocycles. The van der Waals surface area contributed by atoms with E-state index in [2.05, 4.69) is 13.8 Å². The summed E-state index contributed by atoms with van der Waals surface area (Å²) in [6, 6.07) is 0. The van der Waals surface area contributed by atoms with Crippen LogP contribution in [0.3, 0.4) is 0 Å². The summed E-state index contributed by atoms with van der Waals surface area (Å²) in [6.07, 6.45) is 5.91. The Kier molecular flexibility index (Phi) is 1.78. The van der Waals surface area contributed by atoms with Gasteiger partial charge in [0.25, 0.3) is 0 Å². The van der Waals surface area contributed by atoms with E-state index in [1.54, 1.807) is 0 Å². The number of hydrogen-bond acceptors (Lipinski definition) is 1. The van der Waals surface area contributed by atoms with Crippen LogP contribution in [0.5, 0.6) is 0 Å². The van der Waals surface area contributed by atoms with Crippen LogP contribution in [-0.2, 0) is 4.79 Å². The van der Waals surface area contributed by atoms with Gasteiger partial charge in [-0.05, 0) is 31.1 Å². The quantitative estimate of drug-likeness (QED) is 0.541. The fourth-order valence-electron chi connectivity index (χ4n) is 3.29. The van der Waals surface area contributed by atoms with Gasteiger partial charge in [0, 0.05) is 11.8 Å². The predicted octanol–water partition coefficient (Wildman–Crippen LogP) is 2.79. The number of carbonyl (C=O) groups excluding carboxylic acids is 1. The average molecular weight is 166 g/mol. The van der Waals surface area contributed by atoms with E-state index in [0.29, 0.717) is 17.6 Å². The molecule has 0 aromatic rings. The standard InChI is InChI=1S/C11H18O/c1-8-4-3-5-9(2)11(8)7-6-10(11)12/h8-9H,3-7H2,1-2H3/t8-,9-/m1/s1. The fraction of sp³-hybridized carbons (Fsp3) is 0.909. The van der Waals surface area contributed by atoms with Crippen molar-refractivity contribution in [3.8, 4) is 0 Å². The average Bonchev–Trinajstić information content (AvgIpc) is 2.02. The van der Waals surface area contributed by atoms with Crippen molar-refractivity contribution in [3.05, 3.63) is 0 Å². The molecule has 2 rings (SSSR count). The minimum atomic E-state index is 0.137. The van der Waals surface area contributed by atoms with Crippen molar-refractivity contribution in [2.24, 2.45) is 17.3 Å². The molecule has 2 fully saturated rings. The van der Waals surface area contributed by atoms with Crippen molar-refractivity contribution in [2.75, 3.05) is 0 Å². The largest absolute Gasteiger partial charge is 0.299 e. The third-order valence-electron chi connectivity index (χ3n) is 4.32. The molecule has 0 aliphatic heterocycles. The minimum Gasteiger partial charge on any atom is -0.299 e. The van der Waals surface area contributed by atoms with E-state index in [9.17, 15) is 4.79 Å². The molecule has 2 aliphatic rings. The molecule has 12 heavy (non-hydrogen) atoms. The van der Waals surface area contributed by atoms with Crippen molar-refractivity contribution in [1.82, 2.24) is 0 Å². The van der Waals surface area contributed by atoms with E-state index in [-0.39, 0.29) is 5.41 Å². The van der Waals surface area contributed by atoms with Gasteiger partial charge in [-0.25, -0.2) is 0 Å². The smallest absolute Gasteiger partial charge is 0.139 e. The van der Waals surface area contributed by atoms with Gasteiger partial charge in [0.05, 0.1) is 0 Å². The zero-order valence-corrected chi connectivity index (χ0v) is 8.10. The van der Waals surface area contributed by atoms with Crippen LogP contribution in [0.4, 0.5) is 0 Å². The highest BCUT2D eigenvalue weighted by atomic mass is 16.1. The van der Waals surface area contributed by atoms with Crippen molar-refractivity contribution in [1.29, 1.82) is 0 Å². The fourth-order valence-corrected chi connectivity index (χ4v) is 3.29. The lowest BCUT2D eigenvalue weighted by Crippen LogP contribution is -2.52. The molecule has 0 bridgehead atoms. The lowest BCUT2D eigenvalue weighted by atomic mass is 9.50. The highest BCUT2D eigenvalue weighted by Crippen LogP contribution is 2.55. The SMILES string of the molecule is C[C@@H]1CCC[C@@H](C)C12CCC2=O. The first-order valence-corrected chi connectivity index (χ1v) is 5.21. The Bertz CT molecular complexity index is 197. The molecular weight excluding hydrogens is 148 g/mol. The molecule has 2 saturated carbocycles. The molecule has 1 spiro atoms. The minimum absolute atomic E-state index is 0.137. The molecule has 2 aliphatic carbocycles. The maximum Gasteiger partial charge on any atom is 0.139 e. The van der Waals surface area contributed by atoms with E-state index < -0.39 is 0 Å². The van der Waals surface area contributed by atoms with Gasteiger partial charge in [-0.2, -0.15) is 0 Å². The van der Waals surface area contributed by atoms with Crippen LogP contribution >= 0.6 is 0 Å². The van der Waals surface area contributed by atoms with Crippen LogP contribution in [-0.4, -0.2) is 5.78 Å². The van der Waals surface area contributed by atoms with Crippen molar-refractivity contribution >= 4 is 5.78 Å². The topological polar surface area (TPSA) is 17.1 Å². The summed E-state index contributed by atoms with van der Waals surface area (Å²) >= 11 is 0. The maximum atomic E-state index is 11.6. The second kappa shape index (κ2) is 2.58. The summed E-state index contributed by atoms with van der Waals surface area (Å²) in [5, 5.41) is 0. The lowest BCUT2D eigenvalue weighted by molar-refractivity contribution is -0.151. The van der Waals surface area contributed by atoms with Crippen LogP contribution in [0.15, 0.2) is 0 Å². The normalized spacial score (nSPS) is 39.7. The molecule has 1 nitrogen and oxygen atoms in total. The Morgan fingerprint density at radius 2 is 1.83 bits per heavy atom. The summed E-state index contributed by atoms with van der Waals surface area (Å²) in [5.41, 5.74) is 0.137. The summed E-state index contributed by atoms with van der Waals surface area (Å²) in [5.74, 6) is 1.87. The van der Waals surface area contributed by atoms with Crippen molar-refractivity contribution in [3.63, 3.8) is 0 Å². The first-order valence-electron chi connectivity index (χ1n) is 5.21. The van der Waals surface area contributed by atoms with Crippen molar-refractivity contribution in [2.45, 2.75) is 46.0 Å². The molecule has 0 unspecified atom stereocenters. The molecule has 1 heteroatoms. The molecule has 0 aromatic carbocycles. The highest BCUT2D eigenvalue weighted by molar-refractivity contribution is 5.91. The zero-order chi connectivity index (χ0) is 8.77. The van der Waals surface area contributed by atoms with Crippen LogP contribution < -0.4 is 0 Å². The maximum absolute atomic E-state index is 11.6. The van der Waals surface area contributed by atoms with Gasteiger partial charge in [-0.15, -0.1) is 0 Å². The van der Waals surface area contributed by atoms with E-state index in [1.165, 1.54) is 25.7 Å². The Balaban J connectivity index is 2.23. The molecule has 68 valence electrons. The Morgan fingerprint density at radius 1 is 1.25 bits per heavy atom. The number of hydrogen-bond donors (Lipinski definition) is 0. The molecule has 0 amide bonds. The molecule has 2 atom stereocenters. The van der Waals surface area contributed by atoms with E-state index in [1.807, 2.05) is 0 Å². The van der Waals surface area contributed by atoms with E-state index in [4.69, 9.17) is 0 Å².